The molecule has 0 bridgehead atoms. The Morgan fingerprint density at radius 1 is 1.55 bits per heavy atom. The lowest BCUT2D eigenvalue weighted by molar-refractivity contribution is -0.380. The van der Waals surface area contributed by atoms with E-state index < -0.39 is 0 Å². The second kappa shape index (κ2) is 8.31. The fourth-order valence-electron chi connectivity index (χ4n) is 2.06. The average Bonchev–Trinajstić information content (AvgIpc) is 3.08. The Morgan fingerprint density at radius 2 is 2.45 bits per heavy atom. The minimum absolute atomic E-state index is 0.196. The summed E-state index contributed by atoms with van der Waals surface area (Å²) < 4.78 is 11.0. The van der Waals surface area contributed by atoms with Gasteiger partial charge in [-0.2, -0.15) is 0 Å². The first kappa shape index (κ1) is 15.4. The second-order valence-corrected chi connectivity index (χ2v) is 5.88. The summed E-state index contributed by atoms with van der Waals surface area (Å²) in [5.41, 5.74) is 0. The van der Waals surface area contributed by atoms with Crippen LogP contribution in [0.15, 0.2) is 12.1 Å². The van der Waals surface area contributed by atoms with E-state index in [2.05, 4.69) is 5.32 Å². The standard InChI is InChI=1S/C13H20N2O4S/c16-15(17)13-5-4-12(20-13)9-14-6-2-7-18-10-11-3-1-8-19-11/h4-5,11,14H,1-3,6-10H2. The van der Waals surface area contributed by atoms with Crippen molar-refractivity contribution < 1.29 is 14.4 Å². The Morgan fingerprint density at radius 3 is 3.15 bits per heavy atom. The summed E-state index contributed by atoms with van der Waals surface area (Å²) >= 11 is 1.22. The van der Waals surface area contributed by atoms with Crippen molar-refractivity contribution in [1.29, 1.82) is 0 Å². The van der Waals surface area contributed by atoms with Crippen molar-refractivity contribution in [3.05, 3.63) is 27.1 Å². The Kier molecular flexibility index (Phi) is 6.38. The number of nitrogens with zero attached hydrogens (tertiary/aromatic N) is 1. The van der Waals surface area contributed by atoms with E-state index in [4.69, 9.17) is 9.47 Å². The van der Waals surface area contributed by atoms with Gasteiger partial charge in [-0.05, 0) is 31.9 Å². The maximum Gasteiger partial charge on any atom is 0.324 e. The highest BCUT2D eigenvalue weighted by molar-refractivity contribution is 7.15. The van der Waals surface area contributed by atoms with Crippen LogP contribution in [0.4, 0.5) is 5.00 Å². The summed E-state index contributed by atoms with van der Waals surface area (Å²) in [6.45, 7) is 3.79. The van der Waals surface area contributed by atoms with E-state index in [0.29, 0.717) is 13.2 Å². The van der Waals surface area contributed by atoms with Gasteiger partial charge in [0.25, 0.3) is 0 Å². The summed E-state index contributed by atoms with van der Waals surface area (Å²) in [6.07, 6.45) is 3.47. The summed E-state index contributed by atoms with van der Waals surface area (Å²) in [6, 6.07) is 3.34. The molecule has 2 rings (SSSR count). The van der Waals surface area contributed by atoms with Crippen molar-refractivity contribution in [2.75, 3.05) is 26.4 Å². The molecule has 2 heterocycles. The smallest absolute Gasteiger partial charge is 0.324 e. The lowest BCUT2D eigenvalue weighted by Gasteiger charge is -2.10. The summed E-state index contributed by atoms with van der Waals surface area (Å²) in [7, 11) is 0. The summed E-state index contributed by atoms with van der Waals surface area (Å²) in [5.74, 6) is 0. The maximum atomic E-state index is 10.5. The molecule has 1 atom stereocenters. The van der Waals surface area contributed by atoms with E-state index in [-0.39, 0.29) is 16.0 Å². The minimum Gasteiger partial charge on any atom is -0.379 e. The van der Waals surface area contributed by atoms with E-state index in [9.17, 15) is 10.1 Å². The zero-order chi connectivity index (χ0) is 14.2. The average molecular weight is 300 g/mol. The molecular weight excluding hydrogens is 280 g/mol. The third-order valence-corrected chi connectivity index (χ3v) is 4.13. The number of rotatable bonds is 9. The van der Waals surface area contributed by atoms with Gasteiger partial charge in [0.05, 0.1) is 17.6 Å². The van der Waals surface area contributed by atoms with Crippen LogP contribution < -0.4 is 5.32 Å². The van der Waals surface area contributed by atoms with Gasteiger partial charge >= 0.3 is 5.00 Å². The molecule has 1 aromatic heterocycles. The van der Waals surface area contributed by atoms with Crippen LogP contribution in [0.2, 0.25) is 0 Å². The molecule has 112 valence electrons. The molecule has 1 fully saturated rings. The van der Waals surface area contributed by atoms with E-state index in [1.807, 2.05) is 0 Å². The van der Waals surface area contributed by atoms with Crippen LogP contribution in [0.25, 0.3) is 0 Å². The molecule has 7 heteroatoms. The zero-order valence-corrected chi connectivity index (χ0v) is 12.2. The van der Waals surface area contributed by atoms with Gasteiger partial charge in [-0.3, -0.25) is 10.1 Å². The van der Waals surface area contributed by atoms with Gasteiger partial charge in [0.2, 0.25) is 0 Å². The topological polar surface area (TPSA) is 73.6 Å². The highest BCUT2D eigenvalue weighted by Gasteiger charge is 2.14. The molecule has 0 spiro atoms. The van der Waals surface area contributed by atoms with E-state index in [0.717, 1.165) is 43.9 Å². The lowest BCUT2D eigenvalue weighted by Crippen LogP contribution is -2.18. The van der Waals surface area contributed by atoms with Crippen molar-refractivity contribution in [1.82, 2.24) is 5.32 Å². The predicted octanol–water partition coefficient (Wildman–Crippen LogP) is 2.33. The normalized spacial score (nSPS) is 18.5. The molecule has 1 aromatic rings. The van der Waals surface area contributed by atoms with Crippen LogP contribution in [-0.4, -0.2) is 37.4 Å². The highest BCUT2D eigenvalue weighted by atomic mass is 32.1. The molecule has 0 amide bonds. The molecule has 1 unspecified atom stereocenters. The Bertz CT molecular complexity index is 418. The van der Waals surface area contributed by atoms with E-state index in [1.54, 1.807) is 12.1 Å². The number of nitrogens with one attached hydrogen (secondary N) is 1. The Labute approximate surface area is 122 Å². The molecule has 1 saturated heterocycles. The van der Waals surface area contributed by atoms with E-state index >= 15 is 0 Å². The largest absolute Gasteiger partial charge is 0.379 e. The number of hydrogen-bond donors (Lipinski definition) is 1. The van der Waals surface area contributed by atoms with Gasteiger partial charge in [-0.1, -0.05) is 11.3 Å². The van der Waals surface area contributed by atoms with Crippen LogP contribution in [0.3, 0.4) is 0 Å². The third-order valence-electron chi connectivity index (χ3n) is 3.10. The highest BCUT2D eigenvalue weighted by Crippen LogP contribution is 2.23. The van der Waals surface area contributed by atoms with Crippen LogP contribution in [-0.2, 0) is 16.0 Å². The van der Waals surface area contributed by atoms with Crippen molar-refractivity contribution in [2.45, 2.75) is 31.9 Å². The molecule has 0 aromatic carbocycles. The van der Waals surface area contributed by atoms with Gasteiger partial charge < -0.3 is 14.8 Å². The van der Waals surface area contributed by atoms with Crippen molar-refractivity contribution in [2.24, 2.45) is 0 Å². The fraction of sp³-hybridized carbons (Fsp3) is 0.692. The molecule has 0 saturated carbocycles. The van der Waals surface area contributed by atoms with Crippen LogP contribution in [0, 0.1) is 10.1 Å². The number of hydrogen-bond acceptors (Lipinski definition) is 6. The predicted molar refractivity (Wildman–Crippen MR) is 77.1 cm³/mol. The number of ether oxygens (including phenoxy) is 2. The van der Waals surface area contributed by atoms with Crippen LogP contribution in [0.5, 0.6) is 0 Å². The first-order valence-electron chi connectivity index (χ1n) is 6.89. The lowest BCUT2D eigenvalue weighted by atomic mass is 10.2. The quantitative estimate of drug-likeness (QED) is 0.430. The third kappa shape index (κ3) is 5.16. The van der Waals surface area contributed by atoms with Crippen molar-refractivity contribution in [3.8, 4) is 0 Å². The Hall–Kier alpha value is -1.02. The molecular formula is C13H20N2O4S. The number of nitro groups is 1. The SMILES string of the molecule is O=[N+]([O-])c1ccc(CNCCCOCC2CCCO2)s1. The van der Waals surface area contributed by atoms with E-state index in [1.165, 1.54) is 11.3 Å². The fourth-order valence-corrected chi connectivity index (χ4v) is 2.85. The molecule has 0 radical (unpaired) electrons. The van der Waals surface area contributed by atoms with Gasteiger partial charge in [0, 0.05) is 30.7 Å². The van der Waals surface area contributed by atoms with Gasteiger partial charge in [-0.25, -0.2) is 0 Å². The summed E-state index contributed by atoms with van der Waals surface area (Å²) in [5, 5.41) is 14.0. The van der Waals surface area contributed by atoms with Crippen LogP contribution >= 0.6 is 11.3 Å². The molecule has 1 aliphatic rings. The maximum absolute atomic E-state index is 10.5. The molecule has 1 aliphatic heterocycles. The zero-order valence-electron chi connectivity index (χ0n) is 11.4. The van der Waals surface area contributed by atoms with Crippen LogP contribution in [0.1, 0.15) is 24.1 Å². The number of thiophene rings is 1. The summed E-state index contributed by atoms with van der Waals surface area (Å²) in [4.78, 5) is 11.2. The second-order valence-electron chi connectivity index (χ2n) is 4.74. The van der Waals surface area contributed by atoms with Crippen molar-refractivity contribution in [3.63, 3.8) is 0 Å². The first-order chi connectivity index (χ1) is 9.75. The Balaban J connectivity index is 1.47. The first-order valence-corrected chi connectivity index (χ1v) is 7.70. The van der Waals surface area contributed by atoms with Gasteiger partial charge in [0.15, 0.2) is 0 Å². The monoisotopic (exact) mass is 300 g/mol. The van der Waals surface area contributed by atoms with Gasteiger partial charge in [-0.15, -0.1) is 0 Å². The molecule has 6 nitrogen and oxygen atoms in total. The molecule has 20 heavy (non-hydrogen) atoms. The molecule has 1 N–H and O–H groups in total. The minimum atomic E-state index is -0.354. The van der Waals surface area contributed by atoms with Crippen molar-refractivity contribution >= 4 is 16.3 Å². The van der Waals surface area contributed by atoms with Gasteiger partial charge in [0.1, 0.15) is 0 Å². The molecule has 0 aliphatic carbocycles.